The summed E-state index contributed by atoms with van der Waals surface area (Å²) in [6, 6.07) is 5.48. The van der Waals surface area contributed by atoms with Crippen LogP contribution in [0.25, 0.3) is 0 Å². The number of hydrogen-bond acceptors (Lipinski definition) is 3. The monoisotopic (exact) mass is 212 g/mol. The average molecular weight is 212 g/mol. The summed E-state index contributed by atoms with van der Waals surface area (Å²) in [6.07, 6.45) is 0. The molecule has 0 radical (unpaired) electrons. The molecule has 68 valence electrons. The number of thiocarbonyl (C=S) groups is 1. The summed E-state index contributed by atoms with van der Waals surface area (Å²) in [4.78, 5) is 0.678. The van der Waals surface area contributed by atoms with Crippen LogP contribution in [-0.4, -0.2) is 4.99 Å². The Morgan fingerprint density at radius 3 is 2.77 bits per heavy atom. The number of anilines is 2. The van der Waals surface area contributed by atoms with E-state index >= 15 is 0 Å². The number of hydrogen-bond donors (Lipinski definition) is 3. The first kappa shape index (κ1) is 10.0. The van der Waals surface area contributed by atoms with E-state index in [9.17, 15) is 0 Å². The molecule has 0 unspecified atom stereocenters. The Bertz CT molecular complexity index is 349. The van der Waals surface area contributed by atoms with E-state index in [0.29, 0.717) is 16.4 Å². The Balaban J connectivity index is 3.12. The van der Waals surface area contributed by atoms with Crippen LogP contribution in [0.1, 0.15) is 6.92 Å². The van der Waals surface area contributed by atoms with E-state index in [4.69, 9.17) is 30.4 Å². The van der Waals surface area contributed by atoms with Crippen LogP contribution < -0.4 is 15.4 Å². The van der Waals surface area contributed by atoms with Crippen molar-refractivity contribution in [3.63, 3.8) is 0 Å². The van der Waals surface area contributed by atoms with Crippen LogP contribution in [0.3, 0.4) is 0 Å². The quantitative estimate of drug-likeness (QED) is 0.493. The molecule has 0 fully saturated rings. The van der Waals surface area contributed by atoms with Gasteiger partial charge in [0.15, 0.2) is 0 Å². The van der Waals surface area contributed by atoms with Crippen molar-refractivity contribution in [2.75, 3.05) is 11.1 Å². The van der Waals surface area contributed by atoms with Gasteiger partial charge in [0, 0.05) is 0 Å². The fraction of sp³-hybridized carbons (Fsp3) is 0.125. The summed E-state index contributed by atoms with van der Waals surface area (Å²) in [6.45, 7) is 1.80. The molecule has 0 aliphatic heterocycles. The summed E-state index contributed by atoms with van der Waals surface area (Å²) >= 11 is 9.65. The largest absolute Gasteiger partial charge is 0.393 e. The van der Waals surface area contributed by atoms with Crippen LogP contribution >= 0.6 is 12.2 Å². The van der Waals surface area contributed by atoms with Gasteiger partial charge in [0.25, 0.3) is 18.1 Å². The maximum absolute atomic E-state index is 5.70. The first-order valence-corrected chi connectivity index (χ1v) is 4.51. The number of nitrogen functional groups attached to an aromatic ring is 1. The van der Waals surface area contributed by atoms with Gasteiger partial charge in [-0.1, -0.05) is 18.3 Å². The van der Waals surface area contributed by atoms with Gasteiger partial charge in [0.1, 0.15) is 11.4 Å². The lowest BCUT2D eigenvalue weighted by atomic mass is 10.2. The topological polar surface area (TPSA) is 52.0 Å². The molecular weight excluding hydrogens is 202 g/mol. The van der Waals surface area contributed by atoms with Crippen LogP contribution in [0.2, 0.25) is 0 Å². The maximum Gasteiger partial charge on any atom is 0.268 e. The third kappa shape index (κ3) is 2.43. The van der Waals surface area contributed by atoms with E-state index in [1.165, 1.54) is 0 Å². The molecule has 1 aromatic carbocycles. The predicted octanol–water partition coefficient (Wildman–Crippen LogP) is 0.471. The van der Waals surface area contributed by atoms with E-state index < -0.39 is 0 Å². The molecule has 13 heavy (non-hydrogen) atoms. The van der Waals surface area contributed by atoms with Gasteiger partial charge in [-0.25, -0.2) is 0 Å². The highest BCUT2D eigenvalue weighted by molar-refractivity contribution is 7.80. The number of para-hydroxylation sites is 1. The van der Waals surface area contributed by atoms with Crippen molar-refractivity contribution in [1.29, 1.82) is 0 Å². The molecule has 1 aromatic rings. The van der Waals surface area contributed by atoms with E-state index in [-0.39, 0.29) is 0 Å². The third-order valence-corrected chi connectivity index (χ3v) is 1.82. The van der Waals surface area contributed by atoms with Crippen molar-refractivity contribution in [3.8, 4) is 0 Å². The minimum Gasteiger partial charge on any atom is -0.393 e. The first-order valence-electron chi connectivity index (χ1n) is 3.69. The Morgan fingerprint density at radius 1 is 1.54 bits per heavy atom. The van der Waals surface area contributed by atoms with Crippen LogP contribution in [0.15, 0.2) is 18.2 Å². The molecule has 5 heteroatoms. The standard InChI is InChI=1S/C8H9N3S2/c1-5(12)10-7-4-2-3-6(9)8(7)11-13/h2-4H,9H2,1H3,(H,10,12)/p+1. The minimum absolute atomic E-state index is 0.608. The van der Waals surface area contributed by atoms with Crippen molar-refractivity contribution in [3.05, 3.63) is 18.2 Å². The van der Waals surface area contributed by atoms with Gasteiger partial charge in [-0.15, -0.1) is 4.36 Å². The summed E-state index contributed by atoms with van der Waals surface area (Å²) in [5.74, 6) is 0. The van der Waals surface area contributed by atoms with Gasteiger partial charge in [-0.05, 0) is 19.1 Å². The van der Waals surface area contributed by atoms with Gasteiger partial charge < -0.3 is 11.1 Å². The zero-order valence-electron chi connectivity index (χ0n) is 7.13. The van der Waals surface area contributed by atoms with Gasteiger partial charge >= 0.3 is 0 Å². The van der Waals surface area contributed by atoms with Crippen LogP contribution in [0.4, 0.5) is 17.1 Å². The second kappa shape index (κ2) is 4.25. The van der Waals surface area contributed by atoms with E-state index in [1.54, 1.807) is 13.0 Å². The molecule has 1 rings (SSSR count). The van der Waals surface area contributed by atoms with Crippen LogP contribution in [0.5, 0.6) is 0 Å². The SMILES string of the molecule is CC(=S)Nc1cccc(N)c1[NH+]=S. The zero-order chi connectivity index (χ0) is 9.84. The van der Waals surface area contributed by atoms with Crippen molar-refractivity contribution >= 4 is 46.7 Å². The highest BCUT2D eigenvalue weighted by Gasteiger charge is 2.09. The van der Waals surface area contributed by atoms with Crippen LogP contribution in [0, 0.1) is 0 Å². The molecule has 0 aliphatic carbocycles. The summed E-state index contributed by atoms with van der Waals surface area (Å²) in [5, 5.41) is 2.99. The van der Waals surface area contributed by atoms with Gasteiger partial charge in [-0.2, -0.15) is 0 Å². The lowest BCUT2D eigenvalue weighted by Crippen LogP contribution is -2.56. The first-order chi connectivity index (χ1) is 6.15. The summed E-state index contributed by atoms with van der Waals surface area (Å²) in [7, 11) is 0. The third-order valence-electron chi connectivity index (χ3n) is 1.51. The lowest BCUT2D eigenvalue weighted by Gasteiger charge is -2.04. The highest BCUT2D eigenvalue weighted by Crippen LogP contribution is 2.22. The molecule has 4 N–H and O–H groups in total. The van der Waals surface area contributed by atoms with Crippen molar-refractivity contribution in [1.82, 2.24) is 0 Å². The molecule has 0 spiro atoms. The van der Waals surface area contributed by atoms with E-state index in [2.05, 4.69) is 9.68 Å². The Hall–Kier alpha value is -1.07. The fourth-order valence-electron chi connectivity index (χ4n) is 0.978. The van der Waals surface area contributed by atoms with Gasteiger partial charge in [0.2, 0.25) is 0 Å². The van der Waals surface area contributed by atoms with Gasteiger partial charge in [0.05, 0.1) is 4.99 Å². The maximum atomic E-state index is 5.70. The number of nitrogens with two attached hydrogens (primary N) is 1. The molecule has 0 bridgehead atoms. The Morgan fingerprint density at radius 2 is 2.23 bits per heavy atom. The number of benzene rings is 1. The molecule has 0 saturated carbocycles. The van der Waals surface area contributed by atoms with Crippen molar-refractivity contribution < 1.29 is 4.36 Å². The molecule has 0 aromatic heterocycles. The van der Waals surface area contributed by atoms with Crippen molar-refractivity contribution in [2.24, 2.45) is 0 Å². The van der Waals surface area contributed by atoms with Gasteiger partial charge in [-0.3, -0.25) is 0 Å². The van der Waals surface area contributed by atoms with E-state index in [1.807, 2.05) is 12.1 Å². The molecule has 0 saturated heterocycles. The average Bonchev–Trinajstić information content (AvgIpc) is 2.03. The molecule has 0 heterocycles. The van der Waals surface area contributed by atoms with E-state index in [0.717, 1.165) is 5.69 Å². The highest BCUT2D eigenvalue weighted by atomic mass is 32.1. The number of rotatable bonds is 2. The summed E-state index contributed by atoms with van der Waals surface area (Å²) < 4.78 is 2.61. The molecule has 0 amide bonds. The lowest BCUT2D eigenvalue weighted by molar-refractivity contribution is -0.313. The fourth-order valence-corrected chi connectivity index (χ4v) is 1.32. The molecule has 3 nitrogen and oxygen atoms in total. The van der Waals surface area contributed by atoms with Crippen molar-refractivity contribution in [2.45, 2.75) is 6.92 Å². The zero-order valence-corrected chi connectivity index (χ0v) is 8.76. The molecular formula is C8H10N3S2+. The van der Waals surface area contributed by atoms with Crippen LogP contribution in [-0.2, 0) is 12.4 Å². The summed E-state index contributed by atoms with van der Waals surface area (Å²) in [5.41, 5.74) is 7.81. The smallest absolute Gasteiger partial charge is 0.268 e. The number of nitrogens with one attached hydrogen (secondary N) is 2. The second-order valence-electron chi connectivity index (χ2n) is 2.55. The Kier molecular flexibility index (Phi) is 3.27. The predicted molar refractivity (Wildman–Crippen MR) is 60.7 cm³/mol. The molecule has 0 aliphatic rings. The minimum atomic E-state index is 0.608. The molecule has 0 atom stereocenters. The normalized spacial score (nSPS) is 9.31. The Labute approximate surface area is 87.5 Å². The second-order valence-corrected chi connectivity index (χ2v) is 3.37.